The van der Waals surface area contributed by atoms with Gasteiger partial charge >= 0.3 is 5.00 Å². The SMILES string of the molecule is CC(=O)c1c(C)c2cnc(Nc3ccc(N4CCN(C(=O)CCCCCCCC(=O)Nc5ccccc5C(=O)Nc5nc(C)c([N+](=O)[O-])s5)CC4)cn3)nc2n(C2CCCC2)c1=O. The lowest BCUT2D eigenvalue weighted by Gasteiger charge is -2.36. The summed E-state index contributed by atoms with van der Waals surface area (Å²) in [7, 11) is 0. The van der Waals surface area contributed by atoms with E-state index in [4.69, 9.17) is 4.98 Å². The molecule has 7 rings (SSSR count). The first-order chi connectivity index (χ1) is 30.4. The summed E-state index contributed by atoms with van der Waals surface area (Å²) in [6, 6.07) is 10.4. The fraction of sp³-hybridized carbons (Fsp3) is 0.432. The van der Waals surface area contributed by atoms with Crippen molar-refractivity contribution in [3.63, 3.8) is 0 Å². The molecule has 18 nitrogen and oxygen atoms in total. The minimum absolute atomic E-state index is 0.0124. The maximum Gasteiger partial charge on any atom is 0.348 e. The van der Waals surface area contributed by atoms with Gasteiger partial charge in [0, 0.05) is 56.6 Å². The van der Waals surface area contributed by atoms with Crippen LogP contribution < -0.4 is 26.4 Å². The fourth-order valence-corrected chi connectivity index (χ4v) is 9.09. The number of nitrogens with one attached hydrogen (secondary N) is 3. The third kappa shape index (κ3) is 10.5. The molecule has 1 saturated heterocycles. The lowest BCUT2D eigenvalue weighted by molar-refractivity contribution is -0.380. The van der Waals surface area contributed by atoms with Gasteiger partial charge in [0.25, 0.3) is 11.5 Å². The van der Waals surface area contributed by atoms with E-state index in [9.17, 15) is 34.1 Å². The minimum atomic E-state index is -0.544. The van der Waals surface area contributed by atoms with Crippen LogP contribution >= 0.6 is 11.3 Å². The standard InChI is InChI=1S/C44H51N11O7S/c1-27-33-26-46-43(50-39(33)54(30-13-9-10-14-30)41(60)38(27)29(3)56)49-35-20-19-31(25-45-35)52-21-23-53(24-22-52)37(58)18-8-6-4-5-7-17-36(57)48-34-16-12-11-15-32(34)40(59)51-44-47-28(2)42(63-44)55(61)62/h11-12,15-16,19-20,25-26,30H,4-10,13-14,17-18,21-24H2,1-3H3,(H,48,57)(H,47,51,59)(H,45,46,49,50). The van der Waals surface area contributed by atoms with Crippen LogP contribution in [0, 0.1) is 24.0 Å². The van der Waals surface area contributed by atoms with Crippen molar-refractivity contribution in [2.24, 2.45) is 0 Å². The van der Waals surface area contributed by atoms with Crippen LogP contribution in [0.15, 0.2) is 53.6 Å². The number of carbonyl (C=O) groups excluding carboxylic acids is 4. The van der Waals surface area contributed by atoms with Crippen molar-refractivity contribution in [2.75, 3.05) is 47.0 Å². The van der Waals surface area contributed by atoms with Crippen molar-refractivity contribution in [3.05, 3.63) is 91.6 Å². The number of thiazole rings is 1. The number of hydrogen-bond acceptors (Lipinski definition) is 14. The predicted molar refractivity (Wildman–Crippen MR) is 241 cm³/mol. The molecule has 3 amide bonds. The summed E-state index contributed by atoms with van der Waals surface area (Å²) < 4.78 is 1.69. The second-order valence-electron chi connectivity index (χ2n) is 16.0. The van der Waals surface area contributed by atoms with Gasteiger partial charge in [-0.25, -0.2) is 15.0 Å². The molecule has 19 heteroatoms. The summed E-state index contributed by atoms with van der Waals surface area (Å²) in [5.41, 5.74) is 2.72. The number of unbranched alkanes of at least 4 members (excludes halogenated alkanes) is 4. The second-order valence-corrected chi connectivity index (χ2v) is 17.0. The van der Waals surface area contributed by atoms with Gasteiger partial charge in [0.15, 0.2) is 10.9 Å². The van der Waals surface area contributed by atoms with Gasteiger partial charge in [-0.1, -0.05) is 44.2 Å². The number of nitro groups is 1. The first-order valence-electron chi connectivity index (χ1n) is 21.4. The number of pyridine rings is 2. The predicted octanol–water partition coefficient (Wildman–Crippen LogP) is 7.50. The van der Waals surface area contributed by atoms with E-state index in [0.717, 1.165) is 68.4 Å². The minimum Gasteiger partial charge on any atom is -0.367 e. The van der Waals surface area contributed by atoms with Crippen LogP contribution in [-0.4, -0.2) is 84.0 Å². The highest BCUT2D eigenvalue weighted by molar-refractivity contribution is 7.19. The molecule has 5 heterocycles. The number of anilines is 5. The summed E-state index contributed by atoms with van der Waals surface area (Å²) in [6.45, 7) is 7.29. The average molecular weight is 878 g/mol. The molecule has 2 fully saturated rings. The summed E-state index contributed by atoms with van der Waals surface area (Å²) in [5, 5.41) is 20.4. The lowest BCUT2D eigenvalue weighted by Crippen LogP contribution is -2.48. The quantitative estimate of drug-likeness (QED) is 0.0356. The smallest absolute Gasteiger partial charge is 0.348 e. The van der Waals surface area contributed by atoms with Gasteiger partial charge in [0.05, 0.1) is 33.6 Å². The number of nitrogens with zero attached hydrogens (tertiary/aromatic N) is 8. The third-order valence-corrected chi connectivity index (χ3v) is 12.7. The van der Waals surface area contributed by atoms with E-state index in [1.165, 1.54) is 13.8 Å². The van der Waals surface area contributed by atoms with Crippen LogP contribution in [0.5, 0.6) is 0 Å². The van der Waals surface area contributed by atoms with E-state index >= 15 is 0 Å². The first-order valence-corrected chi connectivity index (χ1v) is 22.2. The molecule has 2 aliphatic rings. The van der Waals surface area contributed by atoms with E-state index in [1.54, 1.807) is 48.1 Å². The number of rotatable bonds is 17. The number of carbonyl (C=O) groups is 4. The molecule has 0 atom stereocenters. The highest BCUT2D eigenvalue weighted by Crippen LogP contribution is 2.33. The number of amides is 3. The van der Waals surface area contributed by atoms with Crippen LogP contribution in [0.4, 0.5) is 33.3 Å². The summed E-state index contributed by atoms with van der Waals surface area (Å²) in [6.07, 6.45) is 12.0. The van der Waals surface area contributed by atoms with Crippen LogP contribution in [0.1, 0.15) is 116 Å². The Morgan fingerprint density at radius 2 is 1.59 bits per heavy atom. The molecule has 5 aromatic rings. The molecule has 1 aliphatic carbocycles. The van der Waals surface area contributed by atoms with Crippen molar-refractivity contribution >= 4 is 79.1 Å². The topological polar surface area (TPSA) is 228 Å². The van der Waals surface area contributed by atoms with E-state index in [-0.39, 0.29) is 62.6 Å². The summed E-state index contributed by atoms with van der Waals surface area (Å²) in [4.78, 5) is 97.3. The Bertz CT molecular complexity index is 2580. The van der Waals surface area contributed by atoms with Crippen LogP contribution in [-0.2, 0) is 9.59 Å². The number of aromatic nitrogens is 5. The molecule has 330 valence electrons. The van der Waals surface area contributed by atoms with Gasteiger partial charge in [-0.15, -0.1) is 0 Å². The van der Waals surface area contributed by atoms with Crippen molar-refractivity contribution in [2.45, 2.75) is 97.4 Å². The highest BCUT2D eigenvalue weighted by Gasteiger charge is 2.27. The molecule has 4 aromatic heterocycles. The molecular weight excluding hydrogens is 827 g/mol. The van der Waals surface area contributed by atoms with Crippen molar-refractivity contribution in [1.82, 2.24) is 29.4 Å². The van der Waals surface area contributed by atoms with Crippen LogP contribution in [0.2, 0.25) is 0 Å². The molecule has 0 bridgehead atoms. The molecule has 0 unspecified atom stereocenters. The molecule has 63 heavy (non-hydrogen) atoms. The van der Waals surface area contributed by atoms with Gasteiger partial charge in [-0.05, 0) is 87.6 Å². The normalized spacial score (nSPS) is 14.2. The first kappa shape index (κ1) is 44.4. The van der Waals surface area contributed by atoms with Crippen LogP contribution in [0.3, 0.4) is 0 Å². The number of benzene rings is 1. The summed E-state index contributed by atoms with van der Waals surface area (Å²) >= 11 is 0.772. The zero-order valence-electron chi connectivity index (χ0n) is 35.6. The zero-order valence-corrected chi connectivity index (χ0v) is 36.5. The largest absolute Gasteiger partial charge is 0.367 e. The molecule has 3 N–H and O–H groups in total. The highest BCUT2D eigenvalue weighted by atomic mass is 32.1. The van der Waals surface area contributed by atoms with Gasteiger partial charge < -0.3 is 20.4 Å². The Balaban J connectivity index is 0.809. The zero-order chi connectivity index (χ0) is 44.6. The number of hydrogen-bond donors (Lipinski definition) is 3. The van der Waals surface area contributed by atoms with E-state index in [1.807, 2.05) is 17.0 Å². The Hall–Kier alpha value is -6.63. The van der Waals surface area contributed by atoms with Crippen LogP contribution in [0.25, 0.3) is 11.0 Å². The summed E-state index contributed by atoms with van der Waals surface area (Å²) in [5.74, 6) is -0.0217. The Labute approximate surface area is 367 Å². The Morgan fingerprint density at radius 1 is 0.873 bits per heavy atom. The van der Waals surface area contributed by atoms with Crippen molar-refractivity contribution in [3.8, 4) is 0 Å². The Kier molecular flexibility index (Phi) is 14.1. The molecule has 1 saturated carbocycles. The average Bonchev–Trinajstić information content (AvgIpc) is 3.93. The molecule has 1 aliphatic heterocycles. The number of aryl methyl sites for hydroxylation is 2. The van der Waals surface area contributed by atoms with Crippen molar-refractivity contribution < 1.29 is 24.1 Å². The van der Waals surface area contributed by atoms with Gasteiger partial charge in [-0.2, -0.15) is 4.98 Å². The van der Waals surface area contributed by atoms with Gasteiger partial charge in [0.2, 0.25) is 17.8 Å². The molecule has 0 radical (unpaired) electrons. The molecular formula is C44H51N11O7S. The lowest BCUT2D eigenvalue weighted by atomic mass is 10.0. The van der Waals surface area contributed by atoms with Crippen molar-refractivity contribution in [1.29, 1.82) is 0 Å². The second kappa shape index (κ2) is 20.0. The fourth-order valence-electron chi connectivity index (χ4n) is 8.31. The molecule has 1 aromatic carbocycles. The number of piperazine rings is 1. The number of ketones is 1. The Morgan fingerprint density at radius 3 is 2.27 bits per heavy atom. The monoisotopic (exact) mass is 877 g/mol. The van der Waals surface area contributed by atoms with E-state index in [0.29, 0.717) is 73.1 Å². The van der Waals surface area contributed by atoms with E-state index < -0.39 is 10.8 Å². The molecule has 0 spiro atoms. The third-order valence-electron chi connectivity index (χ3n) is 11.6. The maximum absolute atomic E-state index is 13.6. The number of fused-ring (bicyclic) bond motifs is 1. The number of Topliss-reactive ketones (excluding diaryl/α,β-unsaturated/α-hetero) is 1. The van der Waals surface area contributed by atoms with Gasteiger partial charge in [0.1, 0.15) is 17.2 Å². The maximum atomic E-state index is 13.6. The van der Waals surface area contributed by atoms with Gasteiger partial charge in [-0.3, -0.25) is 44.0 Å². The van der Waals surface area contributed by atoms with E-state index in [2.05, 4.69) is 35.8 Å². The number of para-hydroxylation sites is 1.